The SMILES string of the molecule is Cl[C]1C=CC=C(Cl)N1. The van der Waals surface area contributed by atoms with Gasteiger partial charge >= 0.3 is 0 Å². The Hall–Kier alpha value is -0.140. The largest absolute Gasteiger partial charge is 0.351 e. The summed E-state index contributed by atoms with van der Waals surface area (Å²) in [5.41, 5.74) is 0.553. The number of halogens is 2. The van der Waals surface area contributed by atoms with E-state index in [9.17, 15) is 0 Å². The molecule has 0 aromatic carbocycles. The van der Waals surface area contributed by atoms with Gasteiger partial charge in [0.15, 0.2) is 5.50 Å². The van der Waals surface area contributed by atoms with E-state index in [1.807, 2.05) is 0 Å². The first-order valence-electron chi connectivity index (χ1n) is 2.12. The van der Waals surface area contributed by atoms with Crippen LogP contribution in [-0.4, -0.2) is 0 Å². The summed E-state index contributed by atoms with van der Waals surface area (Å²) in [5, 5.41) is 3.25. The highest BCUT2D eigenvalue weighted by molar-refractivity contribution is 6.32. The normalized spacial score (nSPS) is 20.0. The van der Waals surface area contributed by atoms with Crippen LogP contribution in [0.15, 0.2) is 23.4 Å². The van der Waals surface area contributed by atoms with E-state index in [4.69, 9.17) is 23.2 Å². The molecule has 0 bridgehead atoms. The van der Waals surface area contributed by atoms with Crippen LogP contribution in [0.1, 0.15) is 0 Å². The van der Waals surface area contributed by atoms with Crippen LogP contribution in [0, 0.1) is 5.50 Å². The Bertz CT molecular complexity index is 139. The molecule has 8 heavy (non-hydrogen) atoms. The van der Waals surface area contributed by atoms with Crippen LogP contribution in [0.25, 0.3) is 0 Å². The van der Waals surface area contributed by atoms with Crippen LogP contribution in [0.2, 0.25) is 0 Å². The molecule has 0 aliphatic carbocycles. The van der Waals surface area contributed by atoms with Gasteiger partial charge in [-0.2, -0.15) is 0 Å². The van der Waals surface area contributed by atoms with Crippen molar-refractivity contribution in [3.05, 3.63) is 28.9 Å². The van der Waals surface area contributed by atoms with Crippen molar-refractivity contribution in [2.24, 2.45) is 0 Å². The van der Waals surface area contributed by atoms with E-state index in [2.05, 4.69) is 5.32 Å². The number of nitrogens with one attached hydrogen (secondary N) is 1. The summed E-state index contributed by atoms with van der Waals surface area (Å²) in [5.74, 6) is 0. The summed E-state index contributed by atoms with van der Waals surface area (Å²) in [6.45, 7) is 0. The molecule has 0 aromatic rings. The van der Waals surface area contributed by atoms with Gasteiger partial charge in [-0.05, 0) is 12.2 Å². The fourth-order valence-electron chi connectivity index (χ4n) is 0.414. The maximum absolute atomic E-state index is 5.50. The van der Waals surface area contributed by atoms with Crippen molar-refractivity contribution in [1.29, 1.82) is 0 Å². The molecule has 0 saturated heterocycles. The van der Waals surface area contributed by atoms with Gasteiger partial charge in [0.2, 0.25) is 0 Å². The van der Waals surface area contributed by atoms with E-state index in [0.29, 0.717) is 10.7 Å². The second kappa shape index (κ2) is 2.42. The lowest BCUT2D eigenvalue weighted by Gasteiger charge is -2.08. The van der Waals surface area contributed by atoms with Crippen molar-refractivity contribution in [2.45, 2.75) is 0 Å². The number of rotatable bonds is 0. The van der Waals surface area contributed by atoms with Crippen molar-refractivity contribution < 1.29 is 0 Å². The van der Waals surface area contributed by atoms with Crippen molar-refractivity contribution in [1.82, 2.24) is 5.32 Å². The molecule has 1 heterocycles. The third-order valence-corrected chi connectivity index (χ3v) is 1.16. The molecule has 0 amide bonds. The molecule has 0 spiro atoms. The lowest BCUT2D eigenvalue weighted by molar-refractivity contribution is 1.02. The van der Waals surface area contributed by atoms with E-state index in [1.165, 1.54) is 0 Å². The molecule has 1 nitrogen and oxygen atoms in total. The molecule has 0 aromatic heterocycles. The summed E-state index contributed by atoms with van der Waals surface area (Å²) in [7, 11) is 0. The first-order valence-corrected chi connectivity index (χ1v) is 2.88. The molecule has 0 saturated carbocycles. The van der Waals surface area contributed by atoms with E-state index in [-0.39, 0.29) is 0 Å². The minimum absolute atomic E-state index is 0.553. The minimum Gasteiger partial charge on any atom is -0.351 e. The van der Waals surface area contributed by atoms with E-state index < -0.39 is 0 Å². The first-order chi connectivity index (χ1) is 3.79. The first kappa shape index (κ1) is 5.99. The Morgan fingerprint density at radius 1 is 1.38 bits per heavy atom. The van der Waals surface area contributed by atoms with Crippen LogP contribution in [0.3, 0.4) is 0 Å². The monoisotopic (exact) mass is 148 g/mol. The zero-order valence-corrected chi connectivity index (χ0v) is 5.50. The van der Waals surface area contributed by atoms with Gasteiger partial charge < -0.3 is 5.32 Å². The Morgan fingerprint density at radius 2 is 2.12 bits per heavy atom. The van der Waals surface area contributed by atoms with Gasteiger partial charge in [0.1, 0.15) is 5.16 Å². The highest BCUT2D eigenvalue weighted by atomic mass is 35.5. The zero-order chi connectivity index (χ0) is 5.98. The summed E-state index contributed by atoms with van der Waals surface area (Å²) in [6, 6.07) is 0. The highest BCUT2D eigenvalue weighted by Crippen LogP contribution is 2.13. The minimum atomic E-state index is 0.553. The average Bonchev–Trinajstić information content (AvgIpc) is 1.64. The molecular weight excluding hydrogens is 145 g/mol. The van der Waals surface area contributed by atoms with E-state index >= 15 is 0 Å². The second-order valence-electron chi connectivity index (χ2n) is 1.35. The van der Waals surface area contributed by atoms with Crippen molar-refractivity contribution in [3.8, 4) is 0 Å². The fourth-order valence-corrected chi connectivity index (χ4v) is 0.812. The van der Waals surface area contributed by atoms with Gasteiger partial charge in [0.25, 0.3) is 0 Å². The van der Waals surface area contributed by atoms with E-state index in [1.54, 1.807) is 18.2 Å². The lowest BCUT2D eigenvalue weighted by atomic mass is 10.4. The summed E-state index contributed by atoms with van der Waals surface area (Å²) >= 11 is 11.0. The quantitative estimate of drug-likeness (QED) is 0.519. The molecule has 43 valence electrons. The van der Waals surface area contributed by atoms with Crippen LogP contribution < -0.4 is 5.32 Å². The molecular formula is C5H4Cl2N. The molecule has 0 atom stereocenters. The summed E-state index contributed by atoms with van der Waals surface area (Å²) in [6.07, 6.45) is 5.24. The molecule has 3 heteroatoms. The third kappa shape index (κ3) is 1.42. The lowest BCUT2D eigenvalue weighted by Crippen LogP contribution is -2.12. The van der Waals surface area contributed by atoms with Crippen LogP contribution in [-0.2, 0) is 0 Å². The Morgan fingerprint density at radius 3 is 2.50 bits per heavy atom. The summed E-state index contributed by atoms with van der Waals surface area (Å²) < 4.78 is 0. The predicted molar refractivity (Wildman–Crippen MR) is 35.3 cm³/mol. The Labute approximate surface area is 58.0 Å². The molecule has 1 aliphatic rings. The maximum Gasteiger partial charge on any atom is 0.173 e. The topological polar surface area (TPSA) is 12.0 Å². The van der Waals surface area contributed by atoms with Gasteiger partial charge in [0, 0.05) is 0 Å². The Balaban J connectivity index is 2.59. The third-order valence-electron chi connectivity index (χ3n) is 0.724. The van der Waals surface area contributed by atoms with Crippen molar-refractivity contribution in [3.63, 3.8) is 0 Å². The van der Waals surface area contributed by atoms with Crippen LogP contribution in [0.5, 0.6) is 0 Å². The fraction of sp³-hybridized carbons (Fsp3) is 0. The molecule has 1 aliphatic heterocycles. The molecule has 1 radical (unpaired) electrons. The van der Waals surface area contributed by atoms with E-state index in [0.717, 1.165) is 0 Å². The highest BCUT2D eigenvalue weighted by Gasteiger charge is 2.03. The molecule has 1 N–H and O–H groups in total. The van der Waals surface area contributed by atoms with Crippen molar-refractivity contribution >= 4 is 23.2 Å². The standard InChI is InChI=1S/C5H4Cl2N/c6-4-2-1-3-5(7)8-4/h1-3,8H. The number of hydrogen-bond donors (Lipinski definition) is 1. The molecule has 0 fully saturated rings. The zero-order valence-electron chi connectivity index (χ0n) is 3.99. The summed E-state index contributed by atoms with van der Waals surface area (Å²) in [4.78, 5) is 0. The number of dihydropyridines is 1. The Kier molecular flexibility index (Phi) is 1.81. The van der Waals surface area contributed by atoms with Gasteiger partial charge in [-0.25, -0.2) is 0 Å². The number of allylic oxidation sites excluding steroid dienone is 2. The van der Waals surface area contributed by atoms with Crippen LogP contribution >= 0.6 is 23.2 Å². The molecule has 0 unspecified atom stereocenters. The van der Waals surface area contributed by atoms with Crippen LogP contribution in [0.4, 0.5) is 0 Å². The van der Waals surface area contributed by atoms with Gasteiger partial charge in [-0.15, -0.1) is 0 Å². The maximum atomic E-state index is 5.50. The second-order valence-corrected chi connectivity index (χ2v) is 2.16. The van der Waals surface area contributed by atoms with Gasteiger partial charge in [0.05, 0.1) is 0 Å². The van der Waals surface area contributed by atoms with Gasteiger partial charge in [-0.1, -0.05) is 29.3 Å². The number of hydrogen-bond acceptors (Lipinski definition) is 1. The molecule has 1 rings (SSSR count). The smallest absolute Gasteiger partial charge is 0.173 e. The van der Waals surface area contributed by atoms with Gasteiger partial charge in [-0.3, -0.25) is 0 Å². The predicted octanol–water partition coefficient (Wildman–Crippen LogP) is 1.95. The van der Waals surface area contributed by atoms with Crippen molar-refractivity contribution in [2.75, 3.05) is 0 Å². The average molecular weight is 149 g/mol.